The van der Waals surface area contributed by atoms with Gasteiger partial charge in [0.2, 0.25) is 10.0 Å². The smallest absolute Gasteiger partial charge is 0.218 e. The Morgan fingerprint density at radius 2 is 2.10 bits per heavy atom. The summed E-state index contributed by atoms with van der Waals surface area (Å²) in [6.07, 6.45) is 3.10. The molecule has 0 amide bonds. The van der Waals surface area contributed by atoms with Crippen molar-refractivity contribution in [2.45, 2.75) is 37.5 Å². The summed E-state index contributed by atoms with van der Waals surface area (Å²) in [5.74, 6) is -0.154. The van der Waals surface area contributed by atoms with Crippen LogP contribution in [0.5, 0.6) is 0 Å². The Bertz CT molecular complexity index is 620. The number of nitriles is 1. The molecule has 0 aliphatic carbocycles. The molecule has 1 atom stereocenters. The van der Waals surface area contributed by atoms with Gasteiger partial charge in [0.05, 0.1) is 17.4 Å². The molecule has 2 rings (SSSR count). The van der Waals surface area contributed by atoms with Crippen molar-refractivity contribution in [3.8, 4) is 6.07 Å². The fourth-order valence-corrected chi connectivity index (χ4v) is 4.70. The molecule has 1 aromatic rings. The SMILES string of the molecule is N#Cc1ccccc1CS(=O)(=O)N1CCCCC1CCO. The van der Waals surface area contributed by atoms with Crippen molar-refractivity contribution in [3.63, 3.8) is 0 Å². The maximum absolute atomic E-state index is 12.6. The van der Waals surface area contributed by atoms with Crippen molar-refractivity contribution < 1.29 is 13.5 Å². The maximum atomic E-state index is 12.6. The number of aliphatic hydroxyl groups is 1. The zero-order valence-electron chi connectivity index (χ0n) is 11.9. The lowest BCUT2D eigenvalue weighted by Crippen LogP contribution is -2.44. The van der Waals surface area contributed by atoms with Crippen LogP contribution in [0.25, 0.3) is 0 Å². The van der Waals surface area contributed by atoms with E-state index in [0.717, 1.165) is 19.3 Å². The molecule has 0 saturated carbocycles. The zero-order valence-corrected chi connectivity index (χ0v) is 12.7. The van der Waals surface area contributed by atoms with Crippen LogP contribution in [-0.4, -0.2) is 37.0 Å². The highest BCUT2D eigenvalue weighted by Crippen LogP contribution is 2.25. The predicted octanol–water partition coefficient (Wildman–Crippen LogP) is 1.62. The number of hydrogen-bond acceptors (Lipinski definition) is 4. The molecule has 1 aliphatic heterocycles. The summed E-state index contributed by atoms with van der Waals surface area (Å²) in [5.41, 5.74) is 0.935. The lowest BCUT2D eigenvalue weighted by atomic mass is 10.0. The van der Waals surface area contributed by atoms with E-state index in [9.17, 15) is 8.42 Å². The third-order valence-electron chi connectivity index (χ3n) is 3.87. The molecular formula is C15H20N2O3S. The standard InChI is InChI=1S/C15H20N2O3S/c16-11-13-5-1-2-6-14(13)12-21(19,20)17-9-4-3-7-15(17)8-10-18/h1-2,5-6,15,18H,3-4,7-10,12H2. The van der Waals surface area contributed by atoms with E-state index in [4.69, 9.17) is 10.4 Å². The Kier molecular flexibility index (Phi) is 5.34. The molecule has 1 saturated heterocycles. The van der Waals surface area contributed by atoms with Crippen LogP contribution in [0.3, 0.4) is 0 Å². The van der Waals surface area contributed by atoms with Crippen molar-refractivity contribution in [2.75, 3.05) is 13.2 Å². The van der Waals surface area contributed by atoms with Gasteiger partial charge >= 0.3 is 0 Å². The molecule has 1 unspecified atom stereocenters. The van der Waals surface area contributed by atoms with Crippen LogP contribution in [0.4, 0.5) is 0 Å². The van der Waals surface area contributed by atoms with E-state index in [1.165, 1.54) is 4.31 Å². The summed E-state index contributed by atoms with van der Waals surface area (Å²) >= 11 is 0. The fourth-order valence-electron chi connectivity index (χ4n) is 2.81. The number of hydrogen-bond donors (Lipinski definition) is 1. The van der Waals surface area contributed by atoms with E-state index in [2.05, 4.69) is 0 Å². The van der Waals surface area contributed by atoms with Gasteiger partial charge in [-0.05, 0) is 30.9 Å². The Morgan fingerprint density at radius 3 is 2.81 bits per heavy atom. The largest absolute Gasteiger partial charge is 0.396 e. The summed E-state index contributed by atoms with van der Waals surface area (Å²) in [6.45, 7) is 0.493. The first-order chi connectivity index (χ1) is 10.1. The van der Waals surface area contributed by atoms with Gasteiger partial charge in [-0.3, -0.25) is 0 Å². The van der Waals surface area contributed by atoms with Crippen LogP contribution < -0.4 is 0 Å². The van der Waals surface area contributed by atoms with Gasteiger partial charge in [0.15, 0.2) is 0 Å². The maximum Gasteiger partial charge on any atom is 0.218 e. The van der Waals surface area contributed by atoms with Crippen LogP contribution in [0.15, 0.2) is 24.3 Å². The third-order valence-corrected chi connectivity index (χ3v) is 5.74. The van der Waals surface area contributed by atoms with Gasteiger partial charge in [0, 0.05) is 19.2 Å². The second-order valence-corrected chi connectivity index (χ2v) is 7.22. The minimum Gasteiger partial charge on any atom is -0.396 e. The quantitative estimate of drug-likeness (QED) is 0.896. The molecule has 1 fully saturated rings. The van der Waals surface area contributed by atoms with Gasteiger partial charge in [0.1, 0.15) is 0 Å². The lowest BCUT2D eigenvalue weighted by molar-refractivity contribution is 0.192. The van der Waals surface area contributed by atoms with Crippen LogP contribution in [0.2, 0.25) is 0 Å². The molecular weight excluding hydrogens is 288 g/mol. The molecule has 0 bridgehead atoms. The highest BCUT2D eigenvalue weighted by atomic mass is 32.2. The van der Waals surface area contributed by atoms with E-state index in [0.29, 0.717) is 24.1 Å². The minimum absolute atomic E-state index is 0.00846. The highest BCUT2D eigenvalue weighted by molar-refractivity contribution is 7.88. The highest BCUT2D eigenvalue weighted by Gasteiger charge is 2.32. The van der Waals surface area contributed by atoms with Crippen molar-refractivity contribution in [1.82, 2.24) is 4.31 Å². The van der Waals surface area contributed by atoms with Gasteiger partial charge in [-0.25, -0.2) is 8.42 Å². The Labute approximate surface area is 125 Å². The predicted molar refractivity (Wildman–Crippen MR) is 79.8 cm³/mol. The topological polar surface area (TPSA) is 81.4 Å². The van der Waals surface area contributed by atoms with Crippen LogP contribution in [-0.2, 0) is 15.8 Å². The first kappa shape index (κ1) is 16.0. The normalized spacial score (nSPS) is 20.1. The summed E-state index contributed by atoms with van der Waals surface area (Å²) in [5, 5.41) is 18.2. The first-order valence-corrected chi connectivity index (χ1v) is 8.78. The number of nitrogens with zero attached hydrogens (tertiary/aromatic N) is 2. The number of aliphatic hydroxyl groups excluding tert-OH is 1. The van der Waals surface area contributed by atoms with Gasteiger partial charge < -0.3 is 5.11 Å². The second-order valence-electron chi connectivity index (χ2n) is 5.30. The average molecular weight is 308 g/mol. The summed E-state index contributed by atoms with van der Waals surface area (Å²) in [4.78, 5) is 0. The first-order valence-electron chi connectivity index (χ1n) is 7.17. The lowest BCUT2D eigenvalue weighted by Gasteiger charge is -2.34. The average Bonchev–Trinajstić information content (AvgIpc) is 2.48. The van der Waals surface area contributed by atoms with Gasteiger partial charge in [-0.1, -0.05) is 24.6 Å². The van der Waals surface area contributed by atoms with Crippen molar-refractivity contribution >= 4 is 10.0 Å². The van der Waals surface area contributed by atoms with Gasteiger partial charge in [-0.15, -0.1) is 0 Å². The van der Waals surface area contributed by atoms with E-state index >= 15 is 0 Å². The monoisotopic (exact) mass is 308 g/mol. The molecule has 0 aromatic heterocycles. The van der Waals surface area contributed by atoms with Crippen molar-refractivity contribution in [2.24, 2.45) is 0 Å². The third kappa shape index (κ3) is 3.82. The van der Waals surface area contributed by atoms with Crippen LogP contribution in [0.1, 0.15) is 36.8 Å². The van der Waals surface area contributed by atoms with E-state index in [1.807, 2.05) is 6.07 Å². The zero-order chi connectivity index (χ0) is 15.3. The van der Waals surface area contributed by atoms with E-state index < -0.39 is 10.0 Å². The number of sulfonamides is 1. The van der Waals surface area contributed by atoms with Crippen LogP contribution >= 0.6 is 0 Å². The fraction of sp³-hybridized carbons (Fsp3) is 0.533. The Hall–Kier alpha value is -1.42. The molecule has 1 heterocycles. The Balaban J connectivity index is 2.22. The molecule has 5 nitrogen and oxygen atoms in total. The molecule has 6 heteroatoms. The van der Waals surface area contributed by atoms with Gasteiger partial charge in [-0.2, -0.15) is 9.57 Å². The molecule has 21 heavy (non-hydrogen) atoms. The molecule has 0 radical (unpaired) electrons. The molecule has 0 spiro atoms. The summed E-state index contributed by atoms with van der Waals surface area (Å²) in [6, 6.07) is 8.69. The Morgan fingerprint density at radius 1 is 1.33 bits per heavy atom. The number of benzene rings is 1. The van der Waals surface area contributed by atoms with Gasteiger partial charge in [0.25, 0.3) is 0 Å². The van der Waals surface area contributed by atoms with Crippen LogP contribution in [0, 0.1) is 11.3 Å². The molecule has 1 N–H and O–H groups in total. The van der Waals surface area contributed by atoms with E-state index in [-0.39, 0.29) is 18.4 Å². The van der Waals surface area contributed by atoms with E-state index in [1.54, 1.807) is 24.3 Å². The molecule has 114 valence electrons. The van der Waals surface area contributed by atoms with Crippen molar-refractivity contribution in [3.05, 3.63) is 35.4 Å². The molecule has 1 aliphatic rings. The molecule has 1 aromatic carbocycles. The minimum atomic E-state index is -3.47. The summed E-state index contributed by atoms with van der Waals surface area (Å²) < 4.78 is 26.8. The number of piperidine rings is 1. The second kappa shape index (κ2) is 7.03. The van der Waals surface area contributed by atoms with Crippen molar-refractivity contribution in [1.29, 1.82) is 5.26 Å². The summed E-state index contributed by atoms with van der Waals surface area (Å²) in [7, 11) is -3.47. The number of rotatable bonds is 5.